The van der Waals surface area contributed by atoms with Crippen LogP contribution >= 0.6 is 0 Å². The Morgan fingerprint density at radius 1 is 1.67 bits per heavy atom. The molecule has 0 aromatic rings. The van der Waals surface area contributed by atoms with Crippen LogP contribution in [0.4, 0.5) is 13.2 Å². The third-order valence-corrected chi connectivity index (χ3v) is 1.70. The number of nitrogens with one attached hydrogen (secondary N) is 1. The van der Waals surface area contributed by atoms with Crippen LogP contribution in [0.5, 0.6) is 0 Å². The molecule has 0 aliphatic carbocycles. The molecule has 1 amide bonds. The van der Waals surface area contributed by atoms with E-state index in [2.05, 4.69) is 0 Å². The Morgan fingerprint density at radius 2 is 2.25 bits per heavy atom. The number of piperazine rings is 1. The average molecular weight is 182 g/mol. The normalized spacial score (nSPS) is 28.7. The highest BCUT2D eigenvalue weighted by Crippen LogP contribution is 2.27. The van der Waals surface area contributed by atoms with Crippen molar-refractivity contribution in [3.05, 3.63) is 0 Å². The molecule has 0 aromatic carbocycles. The lowest BCUT2D eigenvalue weighted by Gasteiger charge is -2.36. The smallest absolute Gasteiger partial charge is 0.279 e. The SMILES string of the molecule is CC(=O)N1CCNC(F)C1(F)F. The van der Waals surface area contributed by atoms with Crippen molar-refractivity contribution >= 4 is 5.91 Å². The Morgan fingerprint density at radius 3 is 2.67 bits per heavy atom. The van der Waals surface area contributed by atoms with Crippen molar-refractivity contribution in [2.45, 2.75) is 19.3 Å². The number of rotatable bonds is 0. The van der Waals surface area contributed by atoms with Gasteiger partial charge in [-0.15, -0.1) is 0 Å². The van der Waals surface area contributed by atoms with E-state index in [9.17, 15) is 18.0 Å². The lowest BCUT2D eigenvalue weighted by Crippen LogP contribution is -2.62. The molecule has 1 rings (SSSR count). The molecule has 6 heteroatoms. The number of hydrogen-bond donors (Lipinski definition) is 1. The molecule has 70 valence electrons. The highest BCUT2D eigenvalue weighted by atomic mass is 19.3. The summed E-state index contributed by atoms with van der Waals surface area (Å²) < 4.78 is 38.1. The topological polar surface area (TPSA) is 32.3 Å². The summed E-state index contributed by atoms with van der Waals surface area (Å²) in [6.07, 6.45) is -2.46. The maximum atomic E-state index is 12.8. The molecule has 0 aromatic heterocycles. The van der Waals surface area contributed by atoms with Gasteiger partial charge in [-0.1, -0.05) is 0 Å². The van der Waals surface area contributed by atoms with E-state index in [1.165, 1.54) is 0 Å². The van der Waals surface area contributed by atoms with E-state index in [1.807, 2.05) is 5.32 Å². The Balaban J connectivity index is 2.79. The molecule has 0 spiro atoms. The van der Waals surface area contributed by atoms with Gasteiger partial charge in [0.25, 0.3) is 0 Å². The summed E-state index contributed by atoms with van der Waals surface area (Å²) in [6.45, 7) is 0.880. The number of hydrogen-bond acceptors (Lipinski definition) is 2. The van der Waals surface area contributed by atoms with Gasteiger partial charge in [0.2, 0.25) is 12.2 Å². The molecule has 3 nitrogen and oxygen atoms in total. The van der Waals surface area contributed by atoms with Gasteiger partial charge in [0.15, 0.2) is 0 Å². The average Bonchev–Trinajstić information content (AvgIpc) is 1.94. The first-order valence-electron chi connectivity index (χ1n) is 3.49. The molecule has 12 heavy (non-hydrogen) atoms. The standard InChI is InChI=1S/C6H9F3N2O/c1-4(12)11-3-2-10-5(7)6(11,8)9/h5,10H,2-3H2,1H3. The number of amides is 1. The largest absolute Gasteiger partial charge is 0.372 e. The molecule has 0 radical (unpaired) electrons. The van der Waals surface area contributed by atoms with Gasteiger partial charge < -0.3 is 0 Å². The first-order valence-corrected chi connectivity index (χ1v) is 3.49. The summed E-state index contributed by atoms with van der Waals surface area (Å²) in [6, 6.07) is -3.72. The van der Waals surface area contributed by atoms with Gasteiger partial charge in [-0.05, 0) is 0 Å². The lowest BCUT2D eigenvalue weighted by molar-refractivity contribution is -0.215. The minimum Gasteiger partial charge on any atom is -0.279 e. The third kappa shape index (κ3) is 1.38. The van der Waals surface area contributed by atoms with Gasteiger partial charge in [0.1, 0.15) is 0 Å². The summed E-state index contributed by atoms with van der Waals surface area (Å²) in [7, 11) is 0. The van der Waals surface area contributed by atoms with Crippen molar-refractivity contribution in [3.63, 3.8) is 0 Å². The van der Waals surface area contributed by atoms with E-state index in [4.69, 9.17) is 0 Å². The minimum atomic E-state index is -3.72. The number of carbonyl (C=O) groups excluding carboxylic acids is 1. The Hall–Kier alpha value is -0.780. The fraction of sp³-hybridized carbons (Fsp3) is 0.833. The van der Waals surface area contributed by atoms with Crippen LogP contribution in [-0.4, -0.2) is 36.2 Å². The number of halogens is 3. The van der Waals surface area contributed by atoms with E-state index in [0.29, 0.717) is 0 Å². The molecule has 1 aliphatic rings. The molecule has 1 N–H and O–H groups in total. The molecule has 0 saturated carbocycles. The van der Waals surface area contributed by atoms with Crippen LogP contribution in [0.2, 0.25) is 0 Å². The summed E-state index contributed by atoms with van der Waals surface area (Å²) in [5.74, 6) is -0.816. The summed E-state index contributed by atoms with van der Waals surface area (Å²) in [5, 5.41) is 1.95. The van der Waals surface area contributed by atoms with Crippen molar-refractivity contribution in [2.75, 3.05) is 13.1 Å². The number of nitrogens with zero attached hydrogens (tertiary/aromatic N) is 1. The first-order chi connectivity index (χ1) is 5.46. The highest BCUT2D eigenvalue weighted by Gasteiger charge is 2.49. The molecule has 1 fully saturated rings. The maximum Gasteiger partial charge on any atom is 0.372 e. The molecule has 0 bridgehead atoms. The van der Waals surface area contributed by atoms with Crippen molar-refractivity contribution in [2.24, 2.45) is 0 Å². The van der Waals surface area contributed by atoms with Gasteiger partial charge >= 0.3 is 6.05 Å². The molecule has 1 saturated heterocycles. The van der Waals surface area contributed by atoms with Gasteiger partial charge in [-0.3, -0.25) is 15.0 Å². The third-order valence-electron chi connectivity index (χ3n) is 1.70. The summed E-state index contributed by atoms with van der Waals surface area (Å²) >= 11 is 0. The molecule has 1 atom stereocenters. The van der Waals surface area contributed by atoms with Gasteiger partial charge in [-0.25, -0.2) is 4.39 Å². The van der Waals surface area contributed by atoms with E-state index in [1.54, 1.807) is 0 Å². The second kappa shape index (κ2) is 2.93. The molecule has 1 unspecified atom stereocenters. The quantitative estimate of drug-likeness (QED) is 0.547. The van der Waals surface area contributed by atoms with Crippen LogP contribution in [0, 0.1) is 0 Å². The van der Waals surface area contributed by atoms with Crippen LogP contribution in [0.25, 0.3) is 0 Å². The zero-order valence-electron chi connectivity index (χ0n) is 6.48. The zero-order chi connectivity index (χ0) is 9.35. The van der Waals surface area contributed by atoms with Gasteiger partial charge in [-0.2, -0.15) is 8.78 Å². The molecular weight excluding hydrogens is 173 g/mol. The van der Waals surface area contributed by atoms with Crippen LogP contribution in [0.3, 0.4) is 0 Å². The fourth-order valence-corrected chi connectivity index (χ4v) is 1.08. The van der Waals surface area contributed by atoms with Crippen LogP contribution in [0.15, 0.2) is 0 Å². The summed E-state index contributed by atoms with van der Waals surface area (Å²) in [4.78, 5) is 10.8. The summed E-state index contributed by atoms with van der Waals surface area (Å²) in [5.41, 5.74) is 0. The number of carbonyl (C=O) groups is 1. The first kappa shape index (κ1) is 9.31. The highest BCUT2D eigenvalue weighted by molar-refractivity contribution is 5.74. The fourth-order valence-electron chi connectivity index (χ4n) is 1.08. The van der Waals surface area contributed by atoms with Crippen molar-refractivity contribution in [1.29, 1.82) is 0 Å². The van der Waals surface area contributed by atoms with E-state index < -0.39 is 18.2 Å². The van der Waals surface area contributed by atoms with Crippen molar-refractivity contribution < 1.29 is 18.0 Å². The van der Waals surface area contributed by atoms with E-state index in [-0.39, 0.29) is 18.0 Å². The predicted octanol–water partition coefficient (Wildman–Crippen LogP) is 0.326. The van der Waals surface area contributed by atoms with Crippen LogP contribution in [0.1, 0.15) is 6.92 Å². The molecular formula is C6H9F3N2O. The Kier molecular flexibility index (Phi) is 2.27. The molecule has 1 heterocycles. The second-order valence-electron chi connectivity index (χ2n) is 2.58. The minimum absolute atomic E-state index is 0.0519. The maximum absolute atomic E-state index is 12.8. The van der Waals surface area contributed by atoms with Crippen LogP contribution in [-0.2, 0) is 4.79 Å². The predicted molar refractivity (Wildman–Crippen MR) is 35.2 cm³/mol. The molecule has 1 aliphatic heterocycles. The van der Waals surface area contributed by atoms with E-state index >= 15 is 0 Å². The lowest BCUT2D eigenvalue weighted by atomic mass is 10.3. The Labute approximate surface area is 67.5 Å². The van der Waals surface area contributed by atoms with Crippen molar-refractivity contribution in [1.82, 2.24) is 10.2 Å². The zero-order valence-corrected chi connectivity index (χ0v) is 6.48. The van der Waals surface area contributed by atoms with Crippen molar-refractivity contribution in [3.8, 4) is 0 Å². The van der Waals surface area contributed by atoms with Gasteiger partial charge in [0, 0.05) is 20.0 Å². The monoisotopic (exact) mass is 182 g/mol. The van der Waals surface area contributed by atoms with Gasteiger partial charge in [0.05, 0.1) is 0 Å². The van der Waals surface area contributed by atoms with E-state index in [0.717, 1.165) is 6.92 Å². The van der Waals surface area contributed by atoms with Crippen LogP contribution < -0.4 is 5.32 Å². The second-order valence-corrected chi connectivity index (χ2v) is 2.58. The Bertz CT molecular complexity index is 197. The number of alkyl halides is 3.